The van der Waals surface area contributed by atoms with Gasteiger partial charge in [0.1, 0.15) is 11.6 Å². The number of aryl methyl sites for hydroxylation is 1. The van der Waals surface area contributed by atoms with Crippen molar-refractivity contribution >= 4 is 38.3 Å². The Morgan fingerprint density at radius 1 is 1.27 bits per heavy atom. The number of ether oxygens (including phenoxy) is 1. The van der Waals surface area contributed by atoms with E-state index in [1.54, 1.807) is 0 Å². The molecule has 4 nitrogen and oxygen atoms in total. The largest absolute Gasteiger partial charge is 0.494 e. The van der Waals surface area contributed by atoms with E-state index in [1.807, 2.05) is 38.1 Å². The molecule has 0 saturated carbocycles. The van der Waals surface area contributed by atoms with Gasteiger partial charge in [-0.25, -0.2) is 9.37 Å². The highest BCUT2D eigenvalue weighted by atomic mass is 79.9. The number of benzene rings is 2. The Morgan fingerprint density at radius 2 is 2.00 bits per heavy atom. The summed E-state index contributed by atoms with van der Waals surface area (Å²) < 4.78 is 19.0. The molecule has 0 saturated heterocycles. The molecule has 134 valence electrons. The van der Waals surface area contributed by atoms with Gasteiger partial charge < -0.3 is 4.74 Å². The van der Waals surface area contributed by atoms with Crippen molar-refractivity contribution in [3.05, 3.63) is 63.2 Å². The summed E-state index contributed by atoms with van der Waals surface area (Å²) in [4.78, 5) is 17.9. The van der Waals surface area contributed by atoms with Crippen LogP contribution in [0.15, 0.2) is 46.9 Å². The lowest BCUT2D eigenvalue weighted by molar-refractivity contribution is 0.102. The van der Waals surface area contributed by atoms with Crippen molar-refractivity contribution in [2.45, 2.75) is 13.8 Å². The van der Waals surface area contributed by atoms with Crippen molar-refractivity contribution in [1.82, 2.24) is 4.98 Å². The molecule has 0 bridgehead atoms. The van der Waals surface area contributed by atoms with Gasteiger partial charge in [-0.05, 0) is 72.2 Å². The minimum absolute atomic E-state index is 0.344. The third-order valence-electron chi connectivity index (χ3n) is 3.63. The number of hydrogen-bond donors (Lipinski definition) is 1. The molecule has 0 aliphatic carbocycles. The molecule has 0 aliphatic heterocycles. The Morgan fingerprint density at radius 3 is 2.65 bits per heavy atom. The summed E-state index contributed by atoms with van der Waals surface area (Å²) in [6, 6.07) is 11.6. The number of rotatable bonds is 5. The van der Waals surface area contributed by atoms with Crippen LogP contribution in [0.1, 0.15) is 22.2 Å². The zero-order chi connectivity index (χ0) is 18.7. The maximum Gasteiger partial charge on any atom is 0.258 e. The predicted molar refractivity (Wildman–Crippen MR) is 106 cm³/mol. The average Bonchev–Trinajstić information content (AvgIpc) is 2.96. The first-order valence-electron chi connectivity index (χ1n) is 7.95. The lowest BCUT2D eigenvalue weighted by Crippen LogP contribution is -2.12. The zero-order valence-electron chi connectivity index (χ0n) is 14.2. The Kier molecular flexibility index (Phi) is 5.68. The summed E-state index contributed by atoms with van der Waals surface area (Å²) in [6.07, 6.45) is 0. The molecule has 0 atom stereocenters. The Balaban J connectivity index is 1.80. The molecule has 7 heteroatoms. The molecule has 3 rings (SSSR count). The quantitative estimate of drug-likeness (QED) is 0.562. The third kappa shape index (κ3) is 4.11. The minimum Gasteiger partial charge on any atom is -0.494 e. The van der Waals surface area contributed by atoms with Crippen LogP contribution in [-0.2, 0) is 0 Å². The van der Waals surface area contributed by atoms with Gasteiger partial charge in [0.2, 0.25) is 0 Å². The molecule has 0 fully saturated rings. The van der Waals surface area contributed by atoms with Gasteiger partial charge in [0.05, 0.1) is 17.9 Å². The van der Waals surface area contributed by atoms with Crippen molar-refractivity contribution in [3.8, 4) is 17.0 Å². The number of carbonyl (C=O) groups excluding carboxylic acids is 1. The fraction of sp³-hybridized carbons (Fsp3) is 0.158. The fourth-order valence-electron chi connectivity index (χ4n) is 2.43. The molecule has 1 amide bonds. The molecule has 3 aromatic rings. The third-order valence-corrected chi connectivity index (χ3v) is 5.17. The standard InChI is InChI=1S/C19H16BrFN2O2S/c1-3-25-14-7-4-12(5-8-14)17-11(2)26-19(22-17)23-18(24)15-9-6-13(21)10-16(15)20/h4-10H,3H2,1-2H3,(H,22,23,24). The topological polar surface area (TPSA) is 51.2 Å². The monoisotopic (exact) mass is 434 g/mol. The van der Waals surface area contributed by atoms with Gasteiger partial charge in [0, 0.05) is 14.9 Å². The summed E-state index contributed by atoms with van der Waals surface area (Å²) in [5, 5.41) is 3.27. The van der Waals surface area contributed by atoms with E-state index in [9.17, 15) is 9.18 Å². The average molecular weight is 435 g/mol. The van der Waals surface area contributed by atoms with Gasteiger partial charge in [0.15, 0.2) is 5.13 Å². The van der Waals surface area contributed by atoms with Crippen LogP contribution in [0.5, 0.6) is 5.75 Å². The highest BCUT2D eigenvalue weighted by Crippen LogP contribution is 2.32. The van der Waals surface area contributed by atoms with Crippen molar-refractivity contribution in [2.75, 3.05) is 11.9 Å². The molecule has 1 heterocycles. The Labute approximate surface area is 163 Å². The molecule has 1 N–H and O–H groups in total. The first-order chi connectivity index (χ1) is 12.5. The molecule has 0 aliphatic rings. The molecular weight excluding hydrogens is 419 g/mol. The molecule has 0 unspecified atom stereocenters. The van der Waals surface area contributed by atoms with Gasteiger partial charge in [-0.2, -0.15) is 0 Å². The summed E-state index contributed by atoms with van der Waals surface area (Å²) in [5.74, 6) is 0.0546. The number of anilines is 1. The Hall–Kier alpha value is -2.25. The normalized spacial score (nSPS) is 10.6. The molecular formula is C19H16BrFN2O2S. The zero-order valence-corrected chi connectivity index (χ0v) is 16.6. The van der Waals surface area contributed by atoms with Crippen LogP contribution < -0.4 is 10.1 Å². The summed E-state index contributed by atoms with van der Waals surface area (Å²) in [5.41, 5.74) is 2.11. The number of nitrogens with one attached hydrogen (secondary N) is 1. The van der Waals surface area contributed by atoms with E-state index in [1.165, 1.54) is 29.5 Å². The highest BCUT2D eigenvalue weighted by Gasteiger charge is 2.15. The first-order valence-corrected chi connectivity index (χ1v) is 9.56. The number of halogens is 2. The summed E-state index contributed by atoms with van der Waals surface area (Å²) >= 11 is 4.60. The second-order valence-electron chi connectivity index (χ2n) is 5.46. The molecule has 0 spiro atoms. The predicted octanol–water partition coefficient (Wildman–Crippen LogP) is 5.67. The van der Waals surface area contributed by atoms with Crippen molar-refractivity contribution in [2.24, 2.45) is 0 Å². The van der Waals surface area contributed by atoms with Crippen LogP contribution in [0.25, 0.3) is 11.3 Å². The molecule has 1 aromatic heterocycles. The SMILES string of the molecule is CCOc1ccc(-c2nc(NC(=O)c3ccc(F)cc3Br)sc2C)cc1. The van der Waals surface area contributed by atoms with Gasteiger partial charge in [-0.3, -0.25) is 10.1 Å². The van der Waals surface area contributed by atoms with E-state index in [0.29, 0.717) is 21.8 Å². The van der Waals surface area contributed by atoms with E-state index in [-0.39, 0.29) is 5.91 Å². The Bertz CT molecular complexity index is 941. The second-order valence-corrected chi connectivity index (χ2v) is 7.52. The minimum atomic E-state index is -0.406. The van der Waals surface area contributed by atoms with Gasteiger partial charge in [-0.15, -0.1) is 11.3 Å². The lowest BCUT2D eigenvalue weighted by atomic mass is 10.1. The van der Waals surface area contributed by atoms with Gasteiger partial charge in [-0.1, -0.05) is 0 Å². The van der Waals surface area contributed by atoms with E-state index in [4.69, 9.17) is 4.74 Å². The highest BCUT2D eigenvalue weighted by molar-refractivity contribution is 9.10. The van der Waals surface area contributed by atoms with Gasteiger partial charge >= 0.3 is 0 Å². The van der Waals surface area contributed by atoms with E-state index >= 15 is 0 Å². The number of amides is 1. The van der Waals surface area contributed by atoms with E-state index < -0.39 is 5.82 Å². The number of aromatic nitrogens is 1. The van der Waals surface area contributed by atoms with Crippen LogP contribution in [0.3, 0.4) is 0 Å². The number of hydrogen-bond acceptors (Lipinski definition) is 4. The number of thiazole rings is 1. The van der Waals surface area contributed by atoms with Crippen LogP contribution in [-0.4, -0.2) is 17.5 Å². The van der Waals surface area contributed by atoms with Crippen LogP contribution in [0, 0.1) is 12.7 Å². The second kappa shape index (κ2) is 7.97. The summed E-state index contributed by atoms with van der Waals surface area (Å²) in [7, 11) is 0. The molecule has 0 radical (unpaired) electrons. The number of carbonyl (C=O) groups is 1. The molecule has 26 heavy (non-hydrogen) atoms. The van der Waals surface area contributed by atoms with Crippen molar-refractivity contribution in [3.63, 3.8) is 0 Å². The van der Waals surface area contributed by atoms with Crippen molar-refractivity contribution in [1.29, 1.82) is 0 Å². The fourth-order valence-corrected chi connectivity index (χ4v) is 3.79. The van der Waals surface area contributed by atoms with E-state index in [2.05, 4.69) is 26.2 Å². The van der Waals surface area contributed by atoms with Crippen LogP contribution >= 0.6 is 27.3 Å². The van der Waals surface area contributed by atoms with Crippen LogP contribution in [0.4, 0.5) is 9.52 Å². The molecule has 2 aromatic carbocycles. The maximum absolute atomic E-state index is 13.2. The first kappa shape index (κ1) is 18.5. The van der Waals surface area contributed by atoms with E-state index in [0.717, 1.165) is 21.9 Å². The van der Waals surface area contributed by atoms with Crippen molar-refractivity contribution < 1.29 is 13.9 Å². The lowest BCUT2D eigenvalue weighted by Gasteiger charge is -2.05. The van der Waals surface area contributed by atoms with Crippen LogP contribution in [0.2, 0.25) is 0 Å². The smallest absolute Gasteiger partial charge is 0.258 e. The maximum atomic E-state index is 13.2. The van der Waals surface area contributed by atoms with Gasteiger partial charge in [0.25, 0.3) is 5.91 Å². The number of nitrogens with zero attached hydrogens (tertiary/aromatic N) is 1. The summed E-state index contributed by atoms with van der Waals surface area (Å²) in [6.45, 7) is 4.50.